The van der Waals surface area contributed by atoms with Crippen molar-refractivity contribution in [2.75, 3.05) is 25.0 Å². The zero-order valence-electron chi connectivity index (χ0n) is 15.8. The maximum absolute atomic E-state index is 12.3. The highest BCUT2D eigenvalue weighted by atomic mass is 16.2. The number of benzene rings is 1. The van der Waals surface area contributed by atoms with Crippen LogP contribution in [0.15, 0.2) is 35.3 Å². The highest BCUT2D eigenvalue weighted by molar-refractivity contribution is 5.97. The number of aliphatic imine (C=N–C) groups is 1. The number of carbonyl (C=O) groups is 2. The molecule has 0 radical (unpaired) electrons. The molecule has 0 bridgehead atoms. The normalized spacial score (nSPS) is 18.6. The van der Waals surface area contributed by atoms with Crippen molar-refractivity contribution in [2.24, 2.45) is 4.99 Å². The second kappa shape index (κ2) is 9.79. The minimum absolute atomic E-state index is 0.0113. The molecule has 2 amide bonds. The number of anilines is 1. The summed E-state index contributed by atoms with van der Waals surface area (Å²) >= 11 is 0. The first-order valence-electron chi connectivity index (χ1n) is 9.15. The van der Waals surface area contributed by atoms with Crippen LogP contribution in [0.2, 0.25) is 0 Å². The van der Waals surface area contributed by atoms with Gasteiger partial charge in [0.15, 0.2) is 5.96 Å². The Labute approximate surface area is 155 Å². The zero-order chi connectivity index (χ0) is 18.9. The van der Waals surface area contributed by atoms with E-state index in [1.165, 1.54) is 0 Å². The lowest BCUT2D eigenvalue weighted by Crippen LogP contribution is -2.45. The Bertz CT molecular complexity index is 632. The number of carbonyl (C=O) groups excluding carboxylic acids is 2. The second-order valence-corrected chi connectivity index (χ2v) is 6.51. The molecule has 1 fully saturated rings. The van der Waals surface area contributed by atoms with Gasteiger partial charge in [0.25, 0.3) is 0 Å². The molecule has 2 unspecified atom stereocenters. The molecule has 1 aromatic carbocycles. The van der Waals surface area contributed by atoms with Gasteiger partial charge in [0.1, 0.15) is 0 Å². The number of rotatable bonds is 7. The molecule has 26 heavy (non-hydrogen) atoms. The Kier molecular flexibility index (Phi) is 7.44. The summed E-state index contributed by atoms with van der Waals surface area (Å²) in [6.45, 7) is 5.11. The molecule has 142 valence electrons. The highest BCUT2D eigenvalue weighted by Gasteiger charge is 2.30. The van der Waals surface area contributed by atoms with Crippen molar-refractivity contribution in [1.29, 1.82) is 0 Å². The fraction of sp³-hybridized carbons (Fsp3) is 0.526. The number of para-hydroxylation sites is 1. The molecule has 7 nitrogen and oxygen atoms in total. The van der Waals surface area contributed by atoms with E-state index < -0.39 is 0 Å². The van der Waals surface area contributed by atoms with Gasteiger partial charge in [-0.15, -0.1) is 0 Å². The standard InChI is InChI=1S/C19H29N5O2/c1-4-14(2)22-17(25)10-11-21-19(20-3)23-15-12-18(26)24(13-15)16-8-6-5-7-9-16/h5-9,14-15H,4,10-13H2,1-3H3,(H,22,25)(H2,20,21,23). The molecule has 1 saturated heterocycles. The van der Waals surface area contributed by atoms with E-state index in [4.69, 9.17) is 0 Å². The van der Waals surface area contributed by atoms with E-state index >= 15 is 0 Å². The quantitative estimate of drug-likeness (QED) is 0.505. The van der Waals surface area contributed by atoms with Crippen molar-refractivity contribution in [1.82, 2.24) is 16.0 Å². The third kappa shape index (κ3) is 5.75. The van der Waals surface area contributed by atoms with E-state index in [0.717, 1.165) is 12.1 Å². The van der Waals surface area contributed by atoms with Crippen LogP contribution in [0.5, 0.6) is 0 Å². The topological polar surface area (TPSA) is 85.8 Å². The molecule has 1 heterocycles. The van der Waals surface area contributed by atoms with Gasteiger partial charge in [0.2, 0.25) is 11.8 Å². The van der Waals surface area contributed by atoms with Gasteiger partial charge in [-0.3, -0.25) is 14.6 Å². The Hall–Kier alpha value is -2.57. The Balaban J connectivity index is 1.78. The van der Waals surface area contributed by atoms with Gasteiger partial charge in [0.05, 0.1) is 6.04 Å². The van der Waals surface area contributed by atoms with Crippen molar-refractivity contribution in [2.45, 2.75) is 45.2 Å². The smallest absolute Gasteiger partial charge is 0.229 e. The van der Waals surface area contributed by atoms with E-state index in [1.807, 2.05) is 44.2 Å². The Morgan fingerprint density at radius 2 is 2.08 bits per heavy atom. The summed E-state index contributed by atoms with van der Waals surface area (Å²) in [7, 11) is 1.68. The summed E-state index contributed by atoms with van der Waals surface area (Å²) in [6, 6.07) is 9.83. The fourth-order valence-electron chi connectivity index (χ4n) is 2.79. The SMILES string of the molecule is CCC(C)NC(=O)CCNC(=NC)NC1CC(=O)N(c2ccccc2)C1. The number of nitrogens with one attached hydrogen (secondary N) is 3. The number of hydrogen-bond donors (Lipinski definition) is 3. The van der Waals surface area contributed by atoms with Crippen molar-refractivity contribution in [3.63, 3.8) is 0 Å². The summed E-state index contributed by atoms with van der Waals surface area (Å²) in [5, 5.41) is 9.34. The summed E-state index contributed by atoms with van der Waals surface area (Å²) in [5.41, 5.74) is 0.909. The first kappa shape index (κ1) is 19.8. The lowest BCUT2D eigenvalue weighted by Gasteiger charge is -2.19. The number of amides is 2. The summed E-state index contributed by atoms with van der Waals surface area (Å²) in [5.74, 6) is 0.722. The van der Waals surface area contributed by atoms with E-state index in [-0.39, 0.29) is 23.9 Å². The molecule has 7 heteroatoms. The third-order valence-corrected chi connectivity index (χ3v) is 4.42. The van der Waals surface area contributed by atoms with Crippen LogP contribution < -0.4 is 20.9 Å². The van der Waals surface area contributed by atoms with E-state index in [2.05, 4.69) is 20.9 Å². The van der Waals surface area contributed by atoms with Crippen LogP contribution in [0.25, 0.3) is 0 Å². The summed E-state index contributed by atoms with van der Waals surface area (Å²) < 4.78 is 0. The largest absolute Gasteiger partial charge is 0.356 e. The molecule has 3 N–H and O–H groups in total. The second-order valence-electron chi connectivity index (χ2n) is 6.51. The number of hydrogen-bond acceptors (Lipinski definition) is 3. The Morgan fingerprint density at radius 1 is 1.35 bits per heavy atom. The number of guanidine groups is 1. The van der Waals surface area contributed by atoms with Crippen molar-refractivity contribution in [3.8, 4) is 0 Å². The van der Waals surface area contributed by atoms with Crippen molar-refractivity contribution < 1.29 is 9.59 Å². The van der Waals surface area contributed by atoms with Crippen LogP contribution in [-0.4, -0.2) is 50.0 Å². The molecule has 0 aliphatic carbocycles. The average Bonchev–Trinajstić information content (AvgIpc) is 3.01. The lowest BCUT2D eigenvalue weighted by atomic mass is 10.2. The summed E-state index contributed by atoms with van der Waals surface area (Å²) in [6.07, 6.45) is 1.71. The fourth-order valence-corrected chi connectivity index (χ4v) is 2.79. The summed E-state index contributed by atoms with van der Waals surface area (Å²) in [4.78, 5) is 30.0. The molecule has 1 aliphatic heterocycles. The van der Waals surface area contributed by atoms with Gasteiger partial charge < -0.3 is 20.9 Å². The van der Waals surface area contributed by atoms with Gasteiger partial charge >= 0.3 is 0 Å². The van der Waals surface area contributed by atoms with Gasteiger partial charge in [-0.2, -0.15) is 0 Å². The van der Waals surface area contributed by atoms with Crippen molar-refractivity contribution >= 4 is 23.5 Å². The molecule has 1 aliphatic rings. The molecule has 0 spiro atoms. The minimum Gasteiger partial charge on any atom is -0.356 e. The maximum atomic E-state index is 12.3. The first-order valence-corrected chi connectivity index (χ1v) is 9.15. The monoisotopic (exact) mass is 359 g/mol. The molecular formula is C19H29N5O2. The predicted octanol–water partition coefficient (Wildman–Crippen LogP) is 1.26. The molecule has 0 aromatic heterocycles. The van der Waals surface area contributed by atoms with Gasteiger partial charge in [-0.05, 0) is 25.5 Å². The van der Waals surface area contributed by atoms with Gasteiger partial charge in [0, 0.05) is 44.7 Å². The highest BCUT2D eigenvalue weighted by Crippen LogP contribution is 2.20. The molecule has 2 atom stereocenters. The average molecular weight is 359 g/mol. The van der Waals surface area contributed by atoms with Crippen LogP contribution in [0.4, 0.5) is 5.69 Å². The maximum Gasteiger partial charge on any atom is 0.229 e. The van der Waals surface area contributed by atoms with E-state index in [1.54, 1.807) is 11.9 Å². The van der Waals surface area contributed by atoms with Crippen LogP contribution >= 0.6 is 0 Å². The Morgan fingerprint density at radius 3 is 2.73 bits per heavy atom. The van der Waals surface area contributed by atoms with E-state index in [9.17, 15) is 9.59 Å². The number of nitrogens with zero attached hydrogens (tertiary/aromatic N) is 2. The minimum atomic E-state index is -0.0113. The molecule has 0 saturated carbocycles. The molecule has 2 rings (SSSR count). The molecular weight excluding hydrogens is 330 g/mol. The third-order valence-electron chi connectivity index (χ3n) is 4.42. The van der Waals surface area contributed by atoms with Gasteiger partial charge in [-0.1, -0.05) is 25.1 Å². The zero-order valence-corrected chi connectivity index (χ0v) is 15.8. The van der Waals surface area contributed by atoms with Crippen LogP contribution in [0.1, 0.15) is 33.1 Å². The lowest BCUT2D eigenvalue weighted by molar-refractivity contribution is -0.121. The predicted molar refractivity (Wildman–Crippen MR) is 104 cm³/mol. The first-order chi connectivity index (χ1) is 12.5. The van der Waals surface area contributed by atoms with Crippen LogP contribution in [0.3, 0.4) is 0 Å². The van der Waals surface area contributed by atoms with Crippen LogP contribution in [0, 0.1) is 0 Å². The molecule has 1 aromatic rings. The van der Waals surface area contributed by atoms with Gasteiger partial charge in [-0.25, -0.2) is 0 Å². The van der Waals surface area contributed by atoms with Crippen LogP contribution in [-0.2, 0) is 9.59 Å². The van der Waals surface area contributed by atoms with E-state index in [0.29, 0.717) is 31.9 Å². The van der Waals surface area contributed by atoms with Crippen molar-refractivity contribution in [3.05, 3.63) is 30.3 Å².